The van der Waals surface area contributed by atoms with E-state index in [2.05, 4.69) is 50.9 Å². The third kappa shape index (κ3) is 2.42. The predicted octanol–water partition coefficient (Wildman–Crippen LogP) is 2.26. The number of rotatable bonds is 3. The van der Waals surface area contributed by atoms with E-state index in [1.54, 1.807) is 0 Å². The molecule has 18 heavy (non-hydrogen) atoms. The number of hydrogen-bond donors (Lipinski definition) is 1. The van der Waals surface area contributed by atoms with E-state index in [-0.39, 0.29) is 12.1 Å². The lowest BCUT2D eigenvalue weighted by Gasteiger charge is -2.34. The first kappa shape index (κ1) is 13.8. The van der Waals surface area contributed by atoms with Gasteiger partial charge in [-0.2, -0.15) is 0 Å². The summed E-state index contributed by atoms with van der Waals surface area (Å²) in [5, 5.41) is 9.69. The Balaban J connectivity index is 2.22. The van der Waals surface area contributed by atoms with E-state index >= 15 is 0 Å². The first-order chi connectivity index (χ1) is 8.48. The van der Waals surface area contributed by atoms with Crippen molar-refractivity contribution in [3.05, 3.63) is 28.2 Å². The lowest BCUT2D eigenvalue weighted by atomic mass is 9.98. The van der Waals surface area contributed by atoms with Crippen molar-refractivity contribution in [2.75, 3.05) is 38.7 Å². The van der Waals surface area contributed by atoms with Gasteiger partial charge >= 0.3 is 0 Å². The second-order valence-corrected chi connectivity index (χ2v) is 6.29. The molecule has 0 radical (unpaired) electrons. The molecule has 1 aliphatic rings. The number of aliphatic hydroxyl groups excluding tert-OH is 1. The van der Waals surface area contributed by atoms with Crippen molar-refractivity contribution in [1.29, 1.82) is 0 Å². The molecule has 1 aromatic rings. The van der Waals surface area contributed by atoms with Gasteiger partial charge in [0.1, 0.15) is 0 Å². The van der Waals surface area contributed by atoms with Crippen LogP contribution in [0.5, 0.6) is 0 Å². The SMILES string of the molecule is Cc1cc(Br)ccc1N1CCC(CO)(N(C)C)C1. The standard InChI is InChI=1S/C14H21BrN2O/c1-11-8-12(15)4-5-13(11)17-7-6-14(9-17,10-18)16(2)3/h4-5,8,18H,6-7,9-10H2,1-3H3. The van der Waals surface area contributed by atoms with Crippen molar-refractivity contribution < 1.29 is 5.11 Å². The fourth-order valence-electron chi connectivity index (χ4n) is 2.67. The second-order valence-electron chi connectivity index (χ2n) is 5.38. The van der Waals surface area contributed by atoms with Crippen LogP contribution in [0.25, 0.3) is 0 Å². The number of aliphatic hydroxyl groups is 1. The largest absolute Gasteiger partial charge is 0.394 e. The molecule has 0 saturated carbocycles. The highest BCUT2D eigenvalue weighted by Gasteiger charge is 2.39. The topological polar surface area (TPSA) is 26.7 Å². The fourth-order valence-corrected chi connectivity index (χ4v) is 3.15. The maximum Gasteiger partial charge on any atom is 0.0633 e. The van der Waals surface area contributed by atoms with Crippen LogP contribution in [0, 0.1) is 6.92 Å². The average molecular weight is 313 g/mol. The first-order valence-corrected chi connectivity index (χ1v) is 7.07. The van der Waals surface area contributed by atoms with Gasteiger partial charge in [0.2, 0.25) is 0 Å². The quantitative estimate of drug-likeness (QED) is 0.927. The van der Waals surface area contributed by atoms with Crippen molar-refractivity contribution in [2.24, 2.45) is 0 Å². The van der Waals surface area contributed by atoms with Gasteiger partial charge in [0.15, 0.2) is 0 Å². The number of anilines is 1. The van der Waals surface area contributed by atoms with Gasteiger partial charge in [0.05, 0.1) is 12.1 Å². The Labute approximate surface area is 118 Å². The summed E-state index contributed by atoms with van der Waals surface area (Å²) in [6.45, 7) is 4.24. The summed E-state index contributed by atoms with van der Waals surface area (Å²) < 4.78 is 1.11. The van der Waals surface area contributed by atoms with Gasteiger partial charge in [0, 0.05) is 23.2 Å². The third-order valence-corrected chi connectivity index (χ3v) is 4.57. The van der Waals surface area contributed by atoms with Gasteiger partial charge in [-0.25, -0.2) is 0 Å². The maximum absolute atomic E-state index is 9.69. The minimum Gasteiger partial charge on any atom is -0.394 e. The molecule has 4 heteroatoms. The van der Waals surface area contributed by atoms with E-state index in [0.717, 1.165) is 24.0 Å². The first-order valence-electron chi connectivity index (χ1n) is 6.28. The van der Waals surface area contributed by atoms with Crippen molar-refractivity contribution >= 4 is 21.6 Å². The Kier molecular flexibility index (Phi) is 3.99. The summed E-state index contributed by atoms with van der Waals surface area (Å²) in [5.74, 6) is 0. The summed E-state index contributed by atoms with van der Waals surface area (Å²) in [5.41, 5.74) is 2.45. The van der Waals surface area contributed by atoms with Crippen LogP contribution in [-0.2, 0) is 0 Å². The molecule has 1 heterocycles. The number of benzene rings is 1. The normalized spacial score (nSPS) is 24.0. The van der Waals surface area contributed by atoms with E-state index < -0.39 is 0 Å². The van der Waals surface area contributed by atoms with E-state index in [1.165, 1.54) is 11.3 Å². The molecule has 1 fully saturated rings. The molecule has 0 bridgehead atoms. The minimum absolute atomic E-state index is 0.0977. The van der Waals surface area contributed by atoms with E-state index in [0.29, 0.717) is 0 Å². The monoisotopic (exact) mass is 312 g/mol. The smallest absolute Gasteiger partial charge is 0.0633 e. The number of hydrogen-bond acceptors (Lipinski definition) is 3. The summed E-state index contributed by atoms with van der Waals surface area (Å²) in [6.07, 6.45) is 1.01. The molecule has 1 unspecified atom stereocenters. The lowest BCUT2D eigenvalue weighted by molar-refractivity contribution is 0.0867. The zero-order chi connectivity index (χ0) is 13.3. The lowest BCUT2D eigenvalue weighted by Crippen LogP contribution is -2.49. The molecule has 3 nitrogen and oxygen atoms in total. The Morgan fingerprint density at radius 3 is 2.67 bits per heavy atom. The van der Waals surface area contributed by atoms with Gasteiger partial charge in [-0.05, 0) is 51.2 Å². The van der Waals surface area contributed by atoms with Crippen LogP contribution < -0.4 is 4.90 Å². The van der Waals surface area contributed by atoms with Gasteiger partial charge in [-0.1, -0.05) is 15.9 Å². The van der Waals surface area contributed by atoms with Crippen molar-refractivity contribution in [3.63, 3.8) is 0 Å². The van der Waals surface area contributed by atoms with Crippen LogP contribution in [-0.4, -0.2) is 49.3 Å². The van der Waals surface area contributed by atoms with Gasteiger partial charge in [0.25, 0.3) is 0 Å². The van der Waals surface area contributed by atoms with Crippen LogP contribution in [0.4, 0.5) is 5.69 Å². The number of halogens is 1. The van der Waals surface area contributed by atoms with Crippen molar-refractivity contribution in [3.8, 4) is 0 Å². The van der Waals surface area contributed by atoms with Gasteiger partial charge < -0.3 is 10.0 Å². The van der Waals surface area contributed by atoms with E-state index in [9.17, 15) is 5.11 Å². The Hall–Kier alpha value is -0.580. The van der Waals surface area contributed by atoms with Gasteiger partial charge in [-0.15, -0.1) is 0 Å². The molecule has 100 valence electrons. The van der Waals surface area contributed by atoms with Gasteiger partial charge in [-0.3, -0.25) is 4.90 Å². The molecule has 1 aromatic carbocycles. The molecular weight excluding hydrogens is 292 g/mol. The molecule has 0 aliphatic carbocycles. The highest BCUT2D eigenvalue weighted by Crippen LogP contribution is 2.32. The molecule has 1 N–H and O–H groups in total. The highest BCUT2D eigenvalue weighted by molar-refractivity contribution is 9.10. The highest BCUT2D eigenvalue weighted by atomic mass is 79.9. The molecule has 1 saturated heterocycles. The molecule has 1 atom stereocenters. The molecule has 0 aromatic heterocycles. The summed E-state index contributed by atoms with van der Waals surface area (Å²) in [7, 11) is 4.10. The molecule has 0 spiro atoms. The molecule has 1 aliphatic heterocycles. The third-order valence-electron chi connectivity index (χ3n) is 4.07. The Morgan fingerprint density at radius 1 is 1.44 bits per heavy atom. The van der Waals surface area contributed by atoms with Crippen LogP contribution in [0.15, 0.2) is 22.7 Å². The number of nitrogens with zero attached hydrogens (tertiary/aromatic N) is 2. The maximum atomic E-state index is 9.69. The molecule has 0 amide bonds. The summed E-state index contributed by atoms with van der Waals surface area (Å²) in [4.78, 5) is 4.53. The average Bonchev–Trinajstić information content (AvgIpc) is 2.74. The summed E-state index contributed by atoms with van der Waals surface area (Å²) in [6, 6.07) is 6.38. The van der Waals surface area contributed by atoms with Crippen LogP contribution >= 0.6 is 15.9 Å². The fraction of sp³-hybridized carbons (Fsp3) is 0.571. The summed E-state index contributed by atoms with van der Waals surface area (Å²) >= 11 is 3.50. The molecular formula is C14H21BrN2O. The van der Waals surface area contributed by atoms with Crippen LogP contribution in [0.3, 0.4) is 0 Å². The Bertz CT molecular complexity index is 436. The van der Waals surface area contributed by atoms with Crippen molar-refractivity contribution in [1.82, 2.24) is 4.90 Å². The van der Waals surface area contributed by atoms with E-state index in [4.69, 9.17) is 0 Å². The zero-order valence-electron chi connectivity index (χ0n) is 11.3. The Morgan fingerprint density at radius 2 is 2.17 bits per heavy atom. The predicted molar refractivity (Wildman–Crippen MR) is 79.2 cm³/mol. The van der Waals surface area contributed by atoms with Crippen LogP contribution in [0.2, 0.25) is 0 Å². The number of aryl methyl sites for hydroxylation is 1. The van der Waals surface area contributed by atoms with Crippen molar-refractivity contribution in [2.45, 2.75) is 18.9 Å². The second kappa shape index (κ2) is 5.19. The zero-order valence-corrected chi connectivity index (χ0v) is 12.9. The van der Waals surface area contributed by atoms with Crippen LogP contribution in [0.1, 0.15) is 12.0 Å². The molecule has 2 rings (SSSR count). The number of likely N-dealkylation sites (N-methyl/N-ethyl adjacent to an activating group) is 1. The van der Waals surface area contributed by atoms with E-state index in [1.807, 2.05) is 14.1 Å². The minimum atomic E-state index is -0.0977.